The van der Waals surface area contributed by atoms with Crippen molar-refractivity contribution in [3.63, 3.8) is 0 Å². The van der Waals surface area contributed by atoms with Gasteiger partial charge in [0, 0.05) is 25.0 Å². The predicted molar refractivity (Wildman–Crippen MR) is 109 cm³/mol. The molecule has 0 aliphatic carbocycles. The maximum absolute atomic E-state index is 13.3. The number of primary amides is 1. The molecule has 2 saturated heterocycles. The smallest absolute Gasteiger partial charge is 0.315 e. The second kappa shape index (κ2) is 7.66. The average Bonchev–Trinajstić information content (AvgIpc) is 3.25. The summed E-state index contributed by atoms with van der Waals surface area (Å²) in [5.41, 5.74) is 7.74. The van der Waals surface area contributed by atoms with Gasteiger partial charge in [0.15, 0.2) is 0 Å². The van der Waals surface area contributed by atoms with Gasteiger partial charge in [0.2, 0.25) is 5.91 Å². The first-order valence-corrected chi connectivity index (χ1v) is 10.1. The number of likely N-dealkylation sites (tertiary alicyclic amines) is 2. The lowest BCUT2D eigenvalue weighted by Gasteiger charge is -2.45. The van der Waals surface area contributed by atoms with E-state index in [1.165, 1.54) is 16.0 Å². The summed E-state index contributed by atoms with van der Waals surface area (Å²) >= 11 is 0. The van der Waals surface area contributed by atoms with Crippen LogP contribution in [0, 0.1) is 0 Å². The van der Waals surface area contributed by atoms with Crippen LogP contribution in [0.15, 0.2) is 60.7 Å². The van der Waals surface area contributed by atoms with Gasteiger partial charge >= 0.3 is 6.03 Å². The molecule has 4 rings (SSSR count). The van der Waals surface area contributed by atoms with Crippen molar-refractivity contribution < 1.29 is 9.59 Å². The van der Waals surface area contributed by atoms with Crippen LogP contribution < -0.4 is 5.73 Å². The lowest BCUT2D eigenvalue weighted by Crippen LogP contribution is -2.55. The number of rotatable bonds is 3. The number of carbonyl (C=O) groups is 2. The Bertz CT molecular complexity index is 798. The highest BCUT2D eigenvalue weighted by Crippen LogP contribution is 2.40. The van der Waals surface area contributed by atoms with Gasteiger partial charge < -0.3 is 15.5 Å². The first kappa shape index (κ1) is 18.5. The zero-order valence-electron chi connectivity index (χ0n) is 16.1. The van der Waals surface area contributed by atoms with E-state index in [9.17, 15) is 9.59 Å². The average molecular weight is 377 g/mol. The number of hydrogen-bond donors (Lipinski definition) is 1. The third-order valence-electron chi connectivity index (χ3n) is 6.28. The second-order valence-electron chi connectivity index (χ2n) is 7.87. The Morgan fingerprint density at radius 2 is 1.50 bits per heavy atom. The summed E-state index contributed by atoms with van der Waals surface area (Å²) in [6.07, 6.45) is 3.45. The van der Waals surface area contributed by atoms with Crippen molar-refractivity contribution in [1.82, 2.24) is 9.80 Å². The molecule has 2 N–H and O–H groups in total. The molecule has 0 radical (unpaired) electrons. The zero-order valence-corrected chi connectivity index (χ0v) is 16.1. The first-order chi connectivity index (χ1) is 13.6. The third-order valence-corrected chi connectivity index (χ3v) is 6.28. The Balaban J connectivity index is 1.68. The molecule has 2 aliphatic rings. The number of hydrogen-bond acceptors (Lipinski definition) is 2. The van der Waals surface area contributed by atoms with E-state index in [1.807, 2.05) is 17.0 Å². The Labute approximate surface area is 166 Å². The SMILES string of the molecule is NC(=O)N1CCC[C@H]1C(=O)N1CCCC(c2ccccc2)(c2ccccc2)C1. The Morgan fingerprint density at radius 1 is 0.893 bits per heavy atom. The molecule has 2 aromatic rings. The summed E-state index contributed by atoms with van der Waals surface area (Å²) < 4.78 is 0. The van der Waals surface area contributed by atoms with E-state index < -0.39 is 12.1 Å². The predicted octanol–water partition coefficient (Wildman–Crippen LogP) is 3.14. The fraction of sp³-hybridized carbons (Fsp3) is 0.391. The number of nitrogens with zero attached hydrogens (tertiary/aromatic N) is 2. The van der Waals surface area contributed by atoms with E-state index >= 15 is 0 Å². The van der Waals surface area contributed by atoms with Crippen molar-refractivity contribution in [3.05, 3.63) is 71.8 Å². The highest BCUT2D eigenvalue weighted by molar-refractivity contribution is 5.87. The van der Waals surface area contributed by atoms with Gasteiger partial charge in [0.25, 0.3) is 0 Å². The minimum atomic E-state index is -0.495. The van der Waals surface area contributed by atoms with E-state index in [0.29, 0.717) is 19.5 Å². The number of amides is 3. The molecular formula is C23H27N3O2. The summed E-state index contributed by atoms with van der Waals surface area (Å²) in [5.74, 6) is 0.0345. The van der Waals surface area contributed by atoms with Crippen LogP contribution in [0.4, 0.5) is 4.79 Å². The number of benzene rings is 2. The van der Waals surface area contributed by atoms with E-state index in [4.69, 9.17) is 5.73 Å². The fourth-order valence-electron chi connectivity index (χ4n) is 4.89. The largest absolute Gasteiger partial charge is 0.351 e. The molecule has 0 saturated carbocycles. The lowest BCUT2D eigenvalue weighted by molar-refractivity contribution is -0.137. The molecule has 0 bridgehead atoms. The third kappa shape index (κ3) is 3.26. The summed E-state index contributed by atoms with van der Waals surface area (Å²) in [4.78, 5) is 28.6. The molecule has 2 fully saturated rings. The summed E-state index contributed by atoms with van der Waals surface area (Å²) in [7, 11) is 0. The molecule has 1 atom stereocenters. The Hall–Kier alpha value is -2.82. The number of urea groups is 1. The molecule has 0 spiro atoms. The van der Waals surface area contributed by atoms with E-state index in [2.05, 4.69) is 48.5 Å². The van der Waals surface area contributed by atoms with E-state index in [-0.39, 0.29) is 11.3 Å². The van der Waals surface area contributed by atoms with Crippen molar-refractivity contribution in [2.45, 2.75) is 37.1 Å². The molecule has 2 aromatic carbocycles. The van der Waals surface area contributed by atoms with Crippen LogP contribution in [0.25, 0.3) is 0 Å². The minimum Gasteiger partial charge on any atom is -0.351 e. The molecule has 2 heterocycles. The van der Waals surface area contributed by atoms with Crippen LogP contribution in [0.5, 0.6) is 0 Å². The van der Waals surface area contributed by atoms with Gasteiger partial charge in [0.05, 0.1) is 0 Å². The number of carbonyl (C=O) groups excluding carboxylic acids is 2. The standard InChI is InChI=1S/C23H27N3O2/c24-22(28)26-16-7-13-20(26)21(27)25-15-8-14-23(17-25,18-9-3-1-4-10-18)19-11-5-2-6-12-19/h1-6,9-12,20H,7-8,13-17H2,(H2,24,28)/t20-/m0/s1. The molecule has 0 unspecified atom stereocenters. The Kier molecular flexibility index (Phi) is 5.07. The molecule has 5 nitrogen and oxygen atoms in total. The normalized spacial score (nSPS) is 21.5. The van der Waals surface area contributed by atoms with Gasteiger partial charge in [-0.05, 0) is 36.8 Å². The maximum atomic E-state index is 13.3. The van der Waals surface area contributed by atoms with Gasteiger partial charge in [-0.25, -0.2) is 4.79 Å². The topological polar surface area (TPSA) is 66.6 Å². The van der Waals surface area contributed by atoms with Crippen molar-refractivity contribution in [3.8, 4) is 0 Å². The van der Waals surface area contributed by atoms with Crippen LogP contribution in [0.1, 0.15) is 36.8 Å². The van der Waals surface area contributed by atoms with Gasteiger partial charge in [-0.3, -0.25) is 4.79 Å². The van der Waals surface area contributed by atoms with Gasteiger partial charge in [-0.15, -0.1) is 0 Å². The second-order valence-corrected chi connectivity index (χ2v) is 7.87. The van der Waals surface area contributed by atoms with E-state index in [0.717, 1.165) is 25.8 Å². The summed E-state index contributed by atoms with van der Waals surface area (Å²) in [6, 6.07) is 20.0. The van der Waals surface area contributed by atoms with Gasteiger partial charge in [-0.1, -0.05) is 60.7 Å². The highest BCUT2D eigenvalue weighted by Gasteiger charge is 2.43. The van der Waals surface area contributed by atoms with E-state index in [1.54, 1.807) is 0 Å². The fourth-order valence-corrected chi connectivity index (χ4v) is 4.89. The maximum Gasteiger partial charge on any atom is 0.315 e. The quantitative estimate of drug-likeness (QED) is 0.893. The van der Waals surface area contributed by atoms with Crippen molar-refractivity contribution in [1.29, 1.82) is 0 Å². The minimum absolute atomic E-state index is 0.0345. The van der Waals surface area contributed by atoms with Crippen molar-refractivity contribution in [2.75, 3.05) is 19.6 Å². The van der Waals surface area contributed by atoms with Crippen molar-refractivity contribution in [2.24, 2.45) is 5.73 Å². The monoisotopic (exact) mass is 377 g/mol. The molecule has 2 aliphatic heterocycles. The molecule has 146 valence electrons. The highest BCUT2D eigenvalue weighted by atomic mass is 16.2. The lowest BCUT2D eigenvalue weighted by atomic mass is 9.69. The number of nitrogens with two attached hydrogens (primary N) is 1. The first-order valence-electron chi connectivity index (χ1n) is 10.1. The molecule has 3 amide bonds. The molecular weight excluding hydrogens is 350 g/mol. The number of piperidine rings is 1. The van der Waals surface area contributed by atoms with Crippen LogP contribution in [0.2, 0.25) is 0 Å². The molecule has 0 aromatic heterocycles. The van der Waals surface area contributed by atoms with Crippen LogP contribution in [-0.4, -0.2) is 47.4 Å². The molecule has 5 heteroatoms. The summed E-state index contributed by atoms with van der Waals surface area (Å²) in [5, 5.41) is 0. The summed E-state index contributed by atoms with van der Waals surface area (Å²) in [6.45, 7) is 1.93. The van der Waals surface area contributed by atoms with Crippen LogP contribution in [-0.2, 0) is 10.2 Å². The van der Waals surface area contributed by atoms with Crippen LogP contribution >= 0.6 is 0 Å². The molecule has 28 heavy (non-hydrogen) atoms. The van der Waals surface area contributed by atoms with Crippen LogP contribution in [0.3, 0.4) is 0 Å². The zero-order chi connectivity index (χ0) is 19.6. The van der Waals surface area contributed by atoms with Crippen molar-refractivity contribution >= 4 is 11.9 Å². The van der Waals surface area contributed by atoms with Gasteiger partial charge in [-0.2, -0.15) is 0 Å². The van der Waals surface area contributed by atoms with Gasteiger partial charge in [0.1, 0.15) is 6.04 Å². The Morgan fingerprint density at radius 3 is 2.07 bits per heavy atom.